The minimum Gasteiger partial charge on any atom is -0.497 e. The fraction of sp³-hybridized carbons (Fsp3) is 0.571. The van der Waals surface area contributed by atoms with Crippen molar-refractivity contribution in [1.29, 1.82) is 0 Å². The number of methoxy groups -OCH3 is 1. The highest BCUT2D eigenvalue weighted by molar-refractivity contribution is 5.26. The first-order valence-electron chi connectivity index (χ1n) is 6.32. The number of aliphatic hydroxyl groups is 1. The van der Waals surface area contributed by atoms with Gasteiger partial charge in [-0.05, 0) is 17.7 Å². The Morgan fingerprint density at radius 1 is 1.33 bits per heavy atom. The lowest BCUT2D eigenvalue weighted by Crippen LogP contribution is -2.25. The van der Waals surface area contributed by atoms with E-state index in [-0.39, 0.29) is 24.2 Å². The molecule has 0 bridgehead atoms. The molecule has 1 saturated heterocycles. The fourth-order valence-electron chi connectivity index (χ4n) is 2.60. The van der Waals surface area contributed by atoms with Gasteiger partial charge in [0.1, 0.15) is 5.75 Å². The van der Waals surface area contributed by atoms with Gasteiger partial charge in [0.2, 0.25) is 0 Å². The molecule has 1 aliphatic heterocycles. The maximum Gasteiger partial charge on any atom is 0.118 e. The summed E-state index contributed by atoms with van der Waals surface area (Å²) < 4.78 is 16.2. The minimum absolute atomic E-state index is 0.147. The topological polar surface area (TPSA) is 51.2 Å². The lowest BCUT2D eigenvalue weighted by atomic mass is 10.1. The van der Waals surface area contributed by atoms with Crippen LogP contribution in [0.4, 0.5) is 0 Å². The Bertz CT molecular complexity index is 401. The molecule has 0 aromatic heterocycles. The molecule has 0 radical (unpaired) electrons. The SMILES string of the molecule is COc1ccc(COC[C@H]2[C@@H]3O[C@@H]3C[C@@H]2O)cc1. The third-order valence-electron chi connectivity index (χ3n) is 3.75. The first-order valence-corrected chi connectivity index (χ1v) is 6.32. The molecule has 0 spiro atoms. The largest absolute Gasteiger partial charge is 0.497 e. The van der Waals surface area contributed by atoms with E-state index < -0.39 is 0 Å². The van der Waals surface area contributed by atoms with E-state index in [0.29, 0.717) is 13.2 Å². The van der Waals surface area contributed by atoms with Crippen molar-refractivity contribution in [3.63, 3.8) is 0 Å². The molecule has 0 unspecified atom stereocenters. The van der Waals surface area contributed by atoms with Gasteiger partial charge in [0.25, 0.3) is 0 Å². The highest BCUT2D eigenvalue weighted by Crippen LogP contribution is 2.43. The summed E-state index contributed by atoms with van der Waals surface area (Å²) in [7, 11) is 1.65. The van der Waals surface area contributed by atoms with E-state index in [2.05, 4.69) is 0 Å². The van der Waals surface area contributed by atoms with Gasteiger partial charge in [0.05, 0.1) is 38.6 Å². The molecular formula is C14H18O4. The van der Waals surface area contributed by atoms with Gasteiger partial charge < -0.3 is 19.3 Å². The Labute approximate surface area is 106 Å². The van der Waals surface area contributed by atoms with Crippen molar-refractivity contribution >= 4 is 0 Å². The Kier molecular flexibility index (Phi) is 3.24. The first kappa shape index (κ1) is 12.0. The number of ether oxygens (including phenoxy) is 3. The molecule has 4 heteroatoms. The molecule has 18 heavy (non-hydrogen) atoms. The molecule has 4 nitrogen and oxygen atoms in total. The van der Waals surface area contributed by atoms with Crippen molar-refractivity contribution in [2.24, 2.45) is 5.92 Å². The van der Waals surface area contributed by atoms with E-state index >= 15 is 0 Å². The van der Waals surface area contributed by atoms with Crippen LogP contribution in [0.2, 0.25) is 0 Å². The Morgan fingerprint density at radius 3 is 2.72 bits per heavy atom. The van der Waals surface area contributed by atoms with Crippen molar-refractivity contribution in [2.75, 3.05) is 13.7 Å². The van der Waals surface area contributed by atoms with E-state index in [0.717, 1.165) is 17.7 Å². The quantitative estimate of drug-likeness (QED) is 0.802. The van der Waals surface area contributed by atoms with Crippen LogP contribution in [0.1, 0.15) is 12.0 Å². The molecule has 0 amide bonds. The predicted molar refractivity (Wildman–Crippen MR) is 65.4 cm³/mol. The van der Waals surface area contributed by atoms with E-state index in [1.165, 1.54) is 0 Å². The number of hydrogen-bond acceptors (Lipinski definition) is 4. The second-order valence-corrected chi connectivity index (χ2v) is 4.97. The highest BCUT2D eigenvalue weighted by atomic mass is 16.6. The molecule has 2 fully saturated rings. The molecular weight excluding hydrogens is 232 g/mol. The van der Waals surface area contributed by atoms with Crippen molar-refractivity contribution in [1.82, 2.24) is 0 Å². The number of fused-ring (bicyclic) bond motifs is 1. The van der Waals surface area contributed by atoms with Crippen molar-refractivity contribution in [3.8, 4) is 5.75 Å². The average molecular weight is 250 g/mol. The third kappa shape index (κ3) is 2.36. The predicted octanol–water partition coefficient (Wildman–Crippen LogP) is 1.36. The Balaban J connectivity index is 1.46. The molecule has 1 saturated carbocycles. The minimum atomic E-state index is -0.260. The van der Waals surface area contributed by atoms with Crippen molar-refractivity contribution in [2.45, 2.75) is 31.3 Å². The van der Waals surface area contributed by atoms with Crippen molar-refractivity contribution < 1.29 is 19.3 Å². The number of epoxide rings is 1. The molecule has 4 atom stereocenters. The van der Waals surface area contributed by atoms with Crippen LogP contribution in [0, 0.1) is 5.92 Å². The zero-order valence-corrected chi connectivity index (χ0v) is 10.4. The maximum atomic E-state index is 9.78. The van der Waals surface area contributed by atoms with Gasteiger partial charge in [-0.3, -0.25) is 0 Å². The van der Waals surface area contributed by atoms with Gasteiger partial charge in [0.15, 0.2) is 0 Å². The van der Waals surface area contributed by atoms with Gasteiger partial charge >= 0.3 is 0 Å². The van der Waals surface area contributed by atoms with Gasteiger partial charge in [-0.15, -0.1) is 0 Å². The normalized spacial score (nSPS) is 33.2. The van der Waals surface area contributed by atoms with Gasteiger partial charge in [-0.1, -0.05) is 12.1 Å². The highest BCUT2D eigenvalue weighted by Gasteiger charge is 2.55. The lowest BCUT2D eigenvalue weighted by Gasteiger charge is -2.16. The van der Waals surface area contributed by atoms with Crippen LogP contribution in [0.3, 0.4) is 0 Å². The summed E-state index contributed by atoms with van der Waals surface area (Å²) in [5, 5.41) is 9.78. The van der Waals surface area contributed by atoms with Gasteiger partial charge in [0, 0.05) is 12.3 Å². The summed E-state index contributed by atoms with van der Waals surface area (Å²) in [5.41, 5.74) is 1.11. The monoisotopic (exact) mass is 250 g/mol. The van der Waals surface area contributed by atoms with Crippen LogP contribution in [-0.4, -0.2) is 37.1 Å². The lowest BCUT2D eigenvalue weighted by molar-refractivity contribution is 0.00570. The molecule has 1 heterocycles. The second-order valence-electron chi connectivity index (χ2n) is 4.97. The van der Waals surface area contributed by atoms with Crippen molar-refractivity contribution in [3.05, 3.63) is 29.8 Å². The summed E-state index contributed by atoms with van der Waals surface area (Å²) in [4.78, 5) is 0. The van der Waals surface area contributed by atoms with Crippen LogP contribution >= 0.6 is 0 Å². The standard InChI is InChI=1S/C14H18O4/c1-16-10-4-2-9(3-5-10)7-17-8-11-12(15)6-13-14(11)18-13/h2-5,11-15H,6-8H2,1H3/t11-,12+,13-,14+/m1/s1. The molecule has 1 aromatic rings. The van der Waals surface area contributed by atoms with Crippen LogP contribution in [-0.2, 0) is 16.1 Å². The van der Waals surface area contributed by atoms with Gasteiger partial charge in [-0.2, -0.15) is 0 Å². The number of benzene rings is 1. The summed E-state index contributed by atoms with van der Waals surface area (Å²) in [6.45, 7) is 1.12. The van der Waals surface area contributed by atoms with E-state index in [1.807, 2.05) is 24.3 Å². The molecule has 98 valence electrons. The second kappa shape index (κ2) is 4.88. The molecule has 1 aromatic carbocycles. The summed E-state index contributed by atoms with van der Waals surface area (Å²) in [6, 6.07) is 7.81. The smallest absolute Gasteiger partial charge is 0.118 e. The third-order valence-corrected chi connectivity index (χ3v) is 3.75. The first-order chi connectivity index (χ1) is 8.78. The number of hydrogen-bond donors (Lipinski definition) is 1. The Morgan fingerprint density at radius 2 is 2.11 bits per heavy atom. The zero-order valence-electron chi connectivity index (χ0n) is 10.4. The number of aliphatic hydroxyl groups excluding tert-OH is 1. The van der Waals surface area contributed by atoms with E-state index in [1.54, 1.807) is 7.11 Å². The molecule has 2 aliphatic rings. The summed E-state index contributed by atoms with van der Waals surface area (Å²) in [5.74, 6) is 0.993. The van der Waals surface area contributed by atoms with E-state index in [4.69, 9.17) is 14.2 Å². The summed E-state index contributed by atoms with van der Waals surface area (Å²) >= 11 is 0. The molecule has 3 rings (SSSR count). The zero-order chi connectivity index (χ0) is 12.5. The van der Waals surface area contributed by atoms with Crippen LogP contribution in [0.25, 0.3) is 0 Å². The Hall–Kier alpha value is -1.10. The van der Waals surface area contributed by atoms with E-state index in [9.17, 15) is 5.11 Å². The summed E-state index contributed by atoms with van der Waals surface area (Å²) in [6.07, 6.45) is 1.02. The maximum absolute atomic E-state index is 9.78. The molecule has 1 N–H and O–H groups in total. The van der Waals surface area contributed by atoms with Crippen LogP contribution < -0.4 is 4.74 Å². The number of rotatable bonds is 5. The fourth-order valence-corrected chi connectivity index (χ4v) is 2.60. The van der Waals surface area contributed by atoms with Gasteiger partial charge in [-0.25, -0.2) is 0 Å². The molecule has 1 aliphatic carbocycles. The average Bonchev–Trinajstić information content (AvgIpc) is 3.07. The van der Waals surface area contributed by atoms with Crippen LogP contribution in [0.15, 0.2) is 24.3 Å². The van der Waals surface area contributed by atoms with Crippen LogP contribution in [0.5, 0.6) is 5.75 Å².